The molecular weight excluding hydrogens is 382 g/mol. The number of amides is 3. The highest BCUT2D eigenvalue weighted by atomic mass is 16.5. The van der Waals surface area contributed by atoms with Crippen LogP contribution in [0.1, 0.15) is 12.0 Å². The molecule has 0 saturated carbocycles. The number of carbonyl (C=O) groups excluding carboxylic acids is 3. The minimum atomic E-state index is -0.419. The first-order valence-electron chi connectivity index (χ1n) is 9.80. The van der Waals surface area contributed by atoms with Crippen molar-refractivity contribution in [1.82, 2.24) is 10.6 Å². The van der Waals surface area contributed by atoms with Crippen molar-refractivity contribution in [3.63, 3.8) is 0 Å². The molecule has 3 rings (SSSR count). The van der Waals surface area contributed by atoms with E-state index in [9.17, 15) is 14.4 Å². The van der Waals surface area contributed by atoms with Crippen molar-refractivity contribution in [3.8, 4) is 5.75 Å². The van der Waals surface area contributed by atoms with E-state index in [1.807, 2.05) is 42.5 Å². The molecular formula is C23H25N3O4. The number of hydrogen-bond donors (Lipinski definition) is 2. The second kappa shape index (κ2) is 10.2. The van der Waals surface area contributed by atoms with Gasteiger partial charge >= 0.3 is 0 Å². The lowest BCUT2D eigenvalue weighted by molar-refractivity contribution is -0.126. The van der Waals surface area contributed by atoms with Gasteiger partial charge in [-0.3, -0.25) is 14.4 Å². The third kappa shape index (κ3) is 5.70. The number of ether oxygens (including phenoxy) is 1. The number of hydrogen-bond acceptors (Lipinski definition) is 4. The Morgan fingerprint density at radius 3 is 2.63 bits per heavy atom. The fraction of sp³-hybridized carbons (Fsp3) is 0.261. The second-order valence-corrected chi connectivity index (χ2v) is 6.93. The molecule has 7 nitrogen and oxygen atoms in total. The molecule has 0 aromatic heterocycles. The molecule has 7 heteroatoms. The summed E-state index contributed by atoms with van der Waals surface area (Å²) >= 11 is 0. The van der Waals surface area contributed by atoms with E-state index in [1.165, 1.54) is 6.08 Å². The van der Waals surface area contributed by atoms with Crippen molar-refractivity contribution in [3.05, 3.63) is 66.2 Å². The maximum atomic E-state index is 12.4. The Kier molecular flexibility index (Phi) is 7.21. The summed E-state index contributed by atoms with van der Waals surface area (Å²) in [6.07, 6.45) is 3.35. The first kappa shape index (κ1) is 21.1. The molecule has 156 valence electrons. The Morgan fingerprint density at radius 2 is 1.87 bits per heavy atom. The van der Waals surface area contributed by atoms with Crippen LogP contribution < -0.4 is 20.3 Å². The number of methoxy groups -OCH3 is 1. The van der Waals surface area contributed by atoms with Crippen molar-refractivity contribution >= 4 is 29.5 Å². The molecule has 0 spiro atoms. The minimum absolute atomic E-state index is 0.0947. The smallest absolute Gasteiger partial charge is 0.244 e. The van der Waals surface area contributed by atoms with Gasteiger partial charge in [-0.15, -0.1) is 0 Å². The highest BCUT2D eigenvalue weighted by molar-refractivity contribution is 6.00. The highest BCUT2D eigenvalue weighted by Gasteiger charge is 2.35. The molecule has 1 aliphatic rings. The molecule has 2 aromatic rings. The standard InChI is InChI=1S/C23H25N3O4/c1-30-20-9-5-8-19(15-20)26-16-18(14-22(26)28)23(29)25-13-12-24-21(27)11-10-17-6-3-2-4-7-17/h2-11,15,18H,12-14,16H2,1H3,(H,24,27)(H,25,29)/b11-10+/t18-/m0/s1. The molecule has 1 fully saturated rings. The Bertz CT molecular complexity index is 927. The number of nitrogens with one attached hydrogen (secondary N) is 2. The molecule has 0 unspecified atom stereocenters. The lowest BCUT2D eigenvalue weighted by Crippen LogP contribution is -2.38. The van der Waals surface area contributed by atoms with Crippen LogP contribution in [0.2, 0.25) is 0 Å². The van der Waals surface area contributed by atoms with Crippen LogP contribution in [-0.4, -0.2) is 44.5 Å². The zero-order chi connectivity index (χ0) is 21.3. The summed E-state index contributed by atoms with van der Waals surface area (Å²) in [5, 5.41) is 5.51. The fourth-order valence-electron chi connectivity index (χ4n) is 3.22. The number of benzene rings is 2. The van der Waals surface area contributed by atoms with Crippen LogP contribution in [0.25, 0.3) is 6.08 Å². The summed E-state index contributed by atoms with van der Waals surface area (Å²) in [6, 6.07) is 16.7. The molecule has 0 bridgehead atoms. The van der Waals surface area contributed by atoms with Gasteiger partial charge in [0.05, 0.1) is 13.0 Å². The molecule has 2 aromatic carbocycles. The van der Waals surface area contributed by atoms with E-state index in [0.717, 1.165) is 5.56 Å². The van der Waals surface area contributed by atoms with Crippen LogP contribution in [0.3, 0.4) is 0 Å². The number of anilines is 1. The maximum Gasteiger partial charge on any atom is 0.244 e. The summed E-state index contributed by atoms with van der Waals surface area (Å²) < 4.78 is 5.19. The van der Waals surface area contributed by atoms with E-state index in [-0.39, 0.29) is 24.1 Å². The quantitative estimate of drug-likeness (QED) is 0.518. The number of rotatable bonds is 8. The van der Waals surface area contributed by atoms with E-state index < -0.39 is 5.92 Å². The Hall–Kier alpha value is -3.61. The Morgan fingerprint density at radius 1 is 1.10 bits per heavy atom. The average molecular weight is 407 g/mol. The summed E-state index contributed by atoms with van der Waals surface area (Å²) in [6.45, 7) is 0.932. The minimum Gasteiger partial charge on any atom is -0.497 e. The van der Waals surface area contributed by atoms with Crippen molar-refractivity contribution < 1.29 is 19.1 Å². The Balaban J connectivity index is 1.41. The third-order valence-electron chi connectivity index (χ3n) is 4.81. The van der Waals surface area contributed by atoms with Crippen LogP contribution in [0, 0.1) is 5.92 Å². The molecule has 0 aliphatic carbocycles. The lowest BCUT2D eigenvalue weighted by Gasteiger charge is -2.17. The first-order valence-corrected chi connectivity index (χ1v) is 9.80. The van der Waals surface area contributed by atoms with Gasteiger partial charge in [0, 0.05) is 43.9 Å². The van der Waals surface area contributed by atoms with Gasteiger partial charge < -0.3 is 20.3 Å². The molecule has 1 aliphatic heterocycles. The van der Waals surface area contributed by atoms with Crippen molar-refractivity contribution in [1.29, 1.82) is 0 Å². The predicted molar refractivity (Wildman–Crippen MR) is 115 cm³/mol. The molecule has 1 heterocycles. The normalized spacial score (nSPS) is 16.0. The zero-order valence-electron chi connectivity index (χ0n) is 16.8. The number of carbonyl (C=O) groups is 3. The molecule has 30 heavy (non-hydrogen) atoms. The van der Waals surface area contributed by atoms with Gasteiger partial charge in [0.25, 0.3) is 0 Å². The van der Waals surface area contributed by atoms with Gasteiger partial charge in [-0.2, -0.15) is 0 Å². The molecule has 1 atom stereocenters. The van der Waals surface area contributed by atoms with Crippen molar-refractivity contribution in [2.24, 2.45) is 5.92 Å². The van der Waals surface area contributed by atoms with Crippen molar-refractivity contribution in [2.45, 2.75) is 6.42 Å². The first-order chi connectivity index (χ1) is 14.6. The van der Waals surface area contributed by atoms with Crippen LogP contribution in [0.15, 0.2) is 60.7 Å². The summed E-state index contributed by atoms with van der Waals surface area (Å²) in [5.41, 5.74) is 1.65. The van der Waals surface area contributed by atoms with Crippen LogP contribution >= 0.6 is 0 Å². The molecule has 0 radical (unpaired) electrons. The zero-order valence-corrected chi connectivity index (χ0v) is 16.8. The molecule has 2 N–H and O–H groups in total. The van der Waals surface area contributed by atoms with E-state index in [1.54, 1.807) is 30.2 Å². The van der Waals surface area contributed by atoms with E-state index in [4.69, 9.17) is 4.74 Å². The fourth-order valence-corrected chi connectivity index (χ4v) is 3.22. The maximum absolute atomic E-state index is 12.4. The predicted octanol–water partition coefficient (Wildman–Crippen LogP) is 1.99. The molecule has 3 amide bonds. The van der Waals surface area contributed by atoms with Crippen LogP contribution in [-0.2, 0) is 14.4 Å². The van der Waals surface area contributed by atoms with Gasteiger partial charge in [-0.05, 0) is 23.8 Å². The Labute approximate surface area is 175 Å². The summed E-state index contributed by atoms with van der Waals surface area (Å²) in [5.74, 6) is -0.276. The SMILES string of the molecule is COc1cccc(N2C[C@@H](C(=O)NCCNC(=O)/C=C/c3ccccc3)CC2=O)c1. The third-order valence-corrected chi connectivity index (χ3v) is 4.81. The molecule has 1 saturated heterocycles. The van der Waals surface area contributed by atoms with Gasteiger partial charge in [0.15, 0.2) is 0 Å². The van der Waals surface area contributed by atoms with Crippen molar-refractivity contribution in [2.75, 3.05) is 31.6 Å². The lowest BCUT2D eigenvalue weighted by atomic mass is 10.1. The summed E-state index contributed by atoms with van der Waals surface area (Å²) in [4.78, 5) is 38.2. The number of nitrogens with zero attached hydrogens (tertiary/aromatic N) is 1. The van der Waals surface area contributed by atoms with Gasteiger partial charge in [-0.1, -0.05) is 36.4 Å². The summed E-state index contributed by atoms with van der Waals surface area (Å²) in [7, 11) is 1.57. The average Bonchev–Trinajstić information content (AvgIpc) is 3.17. The van der Waals surface area contributed by atoms with Crippen LogP contribution in [0.5, 0.6) is 5.75 Å². The second-order valence-electron chi connectivity index (χ2n) is 6.93. The monoisotopic (exact) mass is 407 g/mol. The van der Waals surface area contributed by atoms with E-state index >= 15 is 0 Å². The van der Waals surface area contributed by atoms with E-state index in [2.05, 4.69) is 10.6 Å². The van der Waals surface area contributed by atoms with Gasteiger partial charge in [-0.25, -0.2) is 0 Å². The van der Waals surface area contributed by atoms with E-state index in [0.29, 0.717) is 31.1 Å². The van der Waals surface area contributed by atoms with Gasteiger partial charge in [0.1, 0.15) is 5.75 Å². The van der Waals surface area contributed by atoms with Crippen LogP contribution in [0.4, 0.5) is 5.69 Å². The highest BCUT2D eigenvalue weighted by Crippen LogP contribution is 2.27. The topological polar surface area (TPSA) is 87.7 Å². The largest absolute Gasteiger partial charge is 0.497 e. The van der Waals surface area contributed by atoms with Gasteiger partial charge in [0.2, 0.25) is 17.7 Å².